The first-order valence-corrected chi connectivity index (χ1v) is 12.3. The highest BCUT2D eigenvalue weighted by Crippen LogP contribution is 2.35. The predicted octanol–water partition coefficient (Wildman–Crippen LogP) is 7.34. The van der Waals surface area contributed by atoms with E-state index in [2.05, 4.69) is 58.3 Å². The number of phenols is 1. The van der Waals surface area contributed by atoms with Gasteiger partial charge in [-0.2, -0.15) is 5.10 Å². The maximum Gasteiger partial charge on any atom is 0.271 e. The highest BCUT2D eigenvalue weighted by molar-refractivity contribution is 9.11. The Balaban J connectivity index is 1.72. The summed E-state index contributed by atoms with van der Waals surface area (Å²) in [6, 6.07) is 11.6. The molecule has 0 atom stereocenters. The van der Waals surface area contributed by atoms with Crippen LogP contribution in [0.25, 0.3) is 0 Å². The minimum Gasteiger partial charge on any atom is -0.506 e. The van der Waals surface area contributed by atoms with Crippen molar-refractivity contribution in [2.45, 2.75) is 6.61 Å². The summed E-state index contributed by atoms with van der Waals surface area (Å²) < 4.78 is 12.7. The average Bonchev–Trinajstić information content (AvgIpc) is 2.77. The van der Waals surface area contributed by atoms with E-state index in [1.165, 1.54) is 25.5 Å². The van der Waals surface area contributed by atoms with Crippen LogP contribution in [0.15, 0.2) is 61.0 Å². The third kappa shape index (κ3) is 6.64. The van der Waals surface area contributed by atoms with E-state index in [9.17, 15) is 9.90 Å². The van der Waals surface area contributed by atoms with Gasteiger partial charge in [-0.1, -0.05) is 29.3 Å². The van der Waals surface area contributed by atoms with Crippen LogP contribution in [0, 0.1) is 0 Å². The Labute approximate surface area is 225 Å². The molecule has 0 aliphatic carbocycles. The maximum atomic E-state index is 12.4. The van der Waals surface area contributed by atoms with Crippen molar-refractivity contribution in [3.63, 3.8) is 0 Å². The van der Waals surface area contributed by atoms with E-state index in [4.69, 9.17) is 32.7 Å². The molecule has 0 saturated heterocycles. The summed E-state index contributed by atoms with van der Waals surface area (Å²) in [5, 5.41) is 14.8. The number of nitrogens with one attached hydrogen (secondary N) is 1. The van der Waals surface area contributed by atoms with Gasteiger partial charge in [0.15, 0.2) is 11.5 Å². The summed E-state index contributed by atoms with van der Waals surface area (Å²) in [7, 11) is 1.52. The van der Waals surface area contributed by atoms with Crippen molar-refractivity contribution in [1.82, 2.24) is 5.43 Å². The zero-order valence-corrected chi connectivity index (χ0v) is 23.1. The van der Waals surface area contributed by atoms with Crippen molar-refractivity contribution in [2.24, 2.45) is 5.10 Å². The molecule has 0 aromatic heterocycles. The molecule has 0 aliphatic heterocycles. The van der Waals surface area contributed by atoms with Crippen LogP contribution in [0.1, 0.15) is 21.5 Å². The number of amides is 1. The molecule has 0 bridgehead atoms. The van der Waals surface area contributed by atoms with Gasteiger partial charge in [-0.15, -0.1) is 0 Å². The van der Waals surface area contributed by atoms with Crippen molar-refractivity contribution in [2.75, 3.05) is 7.11 Å². The number of nitrogens with zero attached hydrogens (tertiary/aromatic N) is 1. The normalized spacial score (nSPS) is 11.0. The number of methoxy groups -OCH3 is 1. The number of ether oxygens (including phenoxy) is 2. The van der Waals surface area contributed by atoms with Crippen LogP contribution in [0.3, 0.4) is 0 Å². The van der Waals surface area contributed by atoms with Crippen LogP contribution in [-0.4, -0.2) is 24.3 Å². The van der Waals surface area contributed by atoms with Gasteiger partial charge < -0.3 is 14.6 Å². The number of hydrogen-bond acceptors (Lipinski definition) is 5. The van der Waals surface area contributed by atoms with E-state index < -0.39 is 5.91 Å². The van der Waals surface area contributed by atoms with Gasteiger partial charge in [-0.05, 0) is 84.2 Å². The monoisotopic (exact) mass is 678 g/mol. The largest absolute Gasteiger partial charge is 0.506 e. The molecule has 3 aromatic rings. The molecule has 0 saturated carbocycles. The zero-order chi connectivity index (χ0) is 24.1. The van der Waals surface area contributed by atoms with Crippen molar-refractivity contribution in [3.8, 4) is 17.2 Å². The minimum absolute atomic E-state index is 0.00622. The first-order chi connectivity index (χ1) is 15.7. The lowest BCUT2D eigenvalue weighted by atomic mass is 10.2. The number of rotatable bonds is 7. The topological polar surface area (TPSA) is 80.2 Å². The fourth-order valence-electron chi connectivity index (χ4n) is 2.64. The van der Waals surface area contributed by atoms with Crippen molar-refractivity contribution in [3.05, 3.63) is 82.6 Å². The average molecular weight is 682 g/mol. The Hall–Kier alpha value is -1.78. The second-order valence-corrected chi connectivity index (χ2v) is 9.94. The van der Waals surface area contributed by atoms with Gasteiger partial charge >= 0.3 is 0 Å². The molecule has 0 heterocycles. The van der Waals surface area contributed by atoms with Gasteiger partial charge in [0.05, 0.1) is 22.3 Å². The van der Waals surface area contributed by atoms with Crippen LogP contribution >= 0.6 is 71.0 Å². The Morgan fingerprint density at radius 2 is 1.76 bits per heavy atom. The number of halogens is 5. The standard InChI is InChI=1S/C22H15Br3Cl2N2O4/c1-32-19-6-13(9-28-29-22(31)12-4-16(24)21(30)17(25)5-12)15(23)8-20(19)33-10-11-2-3-14(26)7-18(11)27/h2-9,30H,10H2,1H3,(H,29,31)/b28-9-. The quantitative estimate of drug-likeness (QED) is 0.202. The van der Waals surface area contributed by atoms with E-state index in [1.54, 1.807) is 30.3 Å². The summed E-state index contributed by atoms with van der Waals surface area (Å²) in [6.07, 6.45) is 1.47. The van der Waals surface area contributed by atoms with Crippen molar-refractivity contribution < 1.29 is 19.4 Å². The van der Waals surface area contributed by atoms with E-state index in [-0.39, 0.29) is 12.4 Å². The highest BCUT2D eigenvalue weighted by Gasteiger charge is 2.13. The Morgan fingerprint density at radius 1 is 1.06 bits per heavy atom. The maximum absolute atomic E-state index is 12.4. The molecular weight excluding hydrogens is 667 g/mol. The van der Waals surface area contributed by atoms with Crippen molar-refractivity contribution >= 4 is 83.1 Å². The molecule has 3 rings (SSSR count). The number of hydrogen-bond donors (Lipinski definition) is 2. The fourth-order valence-corrected chi connectivity index (χ4v) is 4.71. The number of hydrazone groups is 1. The smallest absolute Gasteiger partial charge is 0.271 e. The summed E-state index contributed by atoms with van der Waals surface area (Å²) in [4.78, 5) is 12.4. The van der Waals surface area contributed by atoms with Gasteiger partial charge in [0.25, 0.3) is 5.91 Å². The molecule has 0 aliphatic rings. The number of aromatic hydroxyl groups is 1. The van der Waals surface area contributed by atoms with E-state index in [1.807, 2.05) is 0 Å². The van der Waals surface area contributed by atoms with Gasteiger partial charge in [0.2, 0.25) is 0 Å². The molecule has 2 N–H and O–H groups in total. The van der Waals surface area contributed by atoms with Crippen LogP contribution in [0.5, 0.6) is 17.2 Å². The van der Waals surface area contributed by atoms with Crippen LogP contribution in [0.4, 0.5) is 0 Å². The van der Waals surface area contributed by atoms with Gasteiger partial charge in [0, 0.05) is 31.2 Å². The summed E-state index contributed by atoms with van der Waals surface area (Å²) in [5.41, 5.74) is 4.19. The van der Waals surface area contributed by atoms with Crippen LogP contribution in [0.2, 0.25) is 10.0 Å². The molecule has 11 heteroatoms. The third-order valence-corrected chi connectivity index (χ3v) is 6.81. The molecule has 0 unspecified atom stereocenters. The fraction of sp³-hybridized carbons (Fsp3) is 0.0909. The number of benzene rings is 3. The summed E-state index contributed by atoms with van der Waals surface area (Å²) in [6.45, 7) is 0.222. The molecule has 0 spiro atoms. The molecule has 1 amide bonds. The van der Waals surface area contributed by atoms with Crippen molar-refractivity contribution in [1.29, 1.82) is 0 Å². The Kier molecular flexibility index (Phi) is 9.06. The van der Waals surface area contributed by atoms with Crippen LogP contribution < -0.4 is 14.9 Å². The van der Waals surface area contributed by atoms with Gasteiger partial charge in [-0.25, -0.2) is 5.43 Å². The lowest BCUT2D eigenvalue weighted by Crippen LogP contribution is -2.17. The highest BCUT2D eigenvalue weighted by atomic mass is 79.9. The third-order valence-electron chi connectivity index (χ3n) is 4.33. The summed E-state index contributed by atoms with van der Waals surface area (Å²) >= 11 is 22.0. The predicted molar refractivity (Wildman–Crippen MR) is 140 cm³/mol. The van der Waals surface area contributed by atoms with E-state index in [0.29, 0.717) is 46.1 Å². The lowest BCUT2D eigenvalue weighted by Gasteiger charge is -2.13. The van der Waals surface area contributed by atoms with E-state index >= 15 is 0 Å². The second kappa shape index (κ2) is 11.6. The van der Waals surface area contributed by atoms with Gasteiger partial charge in [-0.3, -0.25) is 4.79 Å². The molecule has 0 radical (unpaired) electrons. The SMILES string of the molecule is COc1cc(/C=N\NC(=O)c2cc(Br)c(O)c(Br)c2)c(Br)cc1OCc1ccc(Cl)cc1Cl. The number of carbonyl (C=O) groups is 1. The lowest BCUT2D eigenvalue weighted by molar-refractivity contribution is 0.0955. The molecule has 0 fully saturated rings. The molecule has 33 heavy (non-hydrogen) atoms. The van der Waals surface area contributed by atoms with Crippen LogP contribution in [-0.2, 0) is 6.61 Å². The Bertz CT molecular complexity index is 1220. The molecule has 3 aromatic carbocycles. The first-order valence-electron chi connectivity index (χ1n) is 9.15. The van der Waals surface area contributed by atoms with Gasteiger partial charge in [0.1, 0.15) is 12.4 Å². The zero-order valence-electron chi connectivity index (χ0n) is 16.8. The first kappa shape index (κ1) is 25.8. The second-order valence-electron chi connectivity index (χ2n) is 6.54. The number of phenolic OH excluding ortho intramolecular Hbond substituents is 1. The molecule has 6 nitrogen and oxygen atoms in total. The number of carbonyl (C=O) groups excluding carboxylic acids is 1. The van der Waals surface area contributed by atoms with E-state index in [0.717, 1.165) is 5.56 Å². The molecular formula is C22H15Br3Cl2N2O4. The minimum atomic E-state index is -0.449. The Morgan fingerprint density at radius 3 is 2.39 bits per heavy atom. The molecule has 172 valence electrons. The summed E-state index contributed by atoms with van der Waals surface area (Å²) in [5.74, 6) is 0.528.